The van der Waals surface area contributed by atoms with Crippen molar-refractivity contribution in [2.24, 2.45) is 0 Å². The molecule has 0 aliphatic carbocycles. The van der Waals surface area contributed by atoms with Crippen molar-refractivity contribution in [1.29, 1.82) is 0 Å². The van der Waals surface area contributed by atoms with Crippen LogP contribution in [0.5, 0.6) is 0 Å². The van der Waals surface area contributed by atoms with E-state index in [2.05, 4.69) is 0 Å². The summed E-state index contributed by atoms with van der Waals surface area (Å²) in [5.41, 5.74) is 0. The summed E-state index contributed by atoms with van der Waals surface area (Å²) in [6.45, 7) is 0. The van der Waals surface area contributed by atoms with Gasteiger partial charge in [0.1, 0.15) is 0 Å². The standard InChI is InChI=1S/La.Li.H2O.Ti/h;;1H2;. The maximum absolute atomic E-state index is 0. The smallest absolute Gasteiger partial charge is 0 e. The molecule has 2 radical (unpaired) electrons. The monoisotopic (exact) mass is 212 g/mol. The van der Waals surface area contributed by atoms with Crippen LogP contribution in [0.4, 0.5) is 0 Å². The molecule has 0 saturated carbocycles. The van der Waals surface area contributed by atoms with Gasteiger partial charge in [-0.1, -0.05) is 0 Å². The van der Waals surface area contributed by atoms with E-state index in [9.17, 15) is 0 Å². The van der Waals surface area contributed by atoms with Crippen LogP contribution in [-0.2, 0) is 21.7 Å². The molecular formula is H2LaLiOTi. The Hall–Kier alpha value is 2.47. The molecule has 0 bridgehead atoms. The minimum atomic E-state index is 0. The third-order valence-corrected chi connectivity index (χ3v) is 0. The zero-order valence-corrected chi connectivity index (χ0v) is 7.76. The number of hydrogen-bond acceptors (Lipinski definition) is 0. The Balaban J connectivity index is 0. The van der Waals surface area contributed by atoms with Crippen molar-refractivity contribution in [2.75, 3.05) is 0 Å². The fraction of sp³-hybridized carbons (Fsp3) is 0. The fourth-order valence-corrected chi connectivity index (χ4v) is 0. The van der Waals surface area contributed by atoms with Gasteiger partial charge in [0.25, 0.3) is 0 Å². The second-order valence-electron chi connectivity index (χ2n) is 0. The van der Waals surface area contributed by atoms with Crippen LogP contribution in [0.25, 0.3) is 0 Å². The van der Waals surface area contributed by atoms with E-state index in [1.807, 2.05) is 0 Å². The number of hydrogen-bond donors (Lipinski definition) is 0. The largest absolute Gasteiger partial charge is 0.412 e. The van der Waals surface area contributed by atoms with Gasteiger partial charge in [-0.2, -0.15) is 0 Å². The summed E-state index contributed by atoms with van der Waals surface area (Å²) in [4.78, 5) is 0. The SMILES string of the molecule is O.[La].[Li].[Ti]. The fourth-order valence-electron chi connectivity index (χ4n) is 0. The minimum Gasteiger partial charge on any atom is -0.412 e. The van der Waals surface area contributed by atoms with Gasteiger partial charge >= 0.3 is 0 Å². The molecule has 0 aromatic heterocycles. The van der Waals surface area contributed by atoms with Gasteiger partial charge in [0.05, 0.1) is 0 Å². The van der Waals surface area contributed by atoms with E-state index < -0.39 is 0 Å². The Morgan fingerprint density at radius 2 is 1.00 bits per heavy atom. The molecule has 0 amide bonds. The van der Waals surface area contributed by atoms with Crippen molar-refractivity contribution in [2.45, 2.75) is 0 Å². The van der Waals surface area contributed by atoms with E-state index in [0.29, 0.717) is 0 Å². The van der Waals surface area contributed by atoms with Crippen molar-refractivity contribution in [1.82, 2.24) is 0 Å². The van der Waals surface area contributed by atoms with Crippen molar-refractivity contribution in [3.8, 4) is 0 Å². The van der Waals surface area contributed by atoms with Gasteiger partial charge in [-0.15, -0.1) is 0 Å². The van der Waals surface area contributed by atoms with Crippen molar-refractivity contribution < 1.29 is 62.8 Å². The Bertz CT molecular complexity index is 8.00. The van der Waals surface area contributed by atoms with E-state index in [4.69, 9.17) is 0 Å². The summed E-state index contributed by atoms with van der Waals surface area (Å²) < 4.78 is 0. The molecule has 0 fully saturated rings. The molecule has 0 unspecified atom stereocenters. The van der Waals surface area contributed by atoms with Gasteiger partial charge in [0.15, 0.2) is 0 Å². The van der Waals surface area contributed by atoms with Crippen LogP contribution in [0.3, 0.4) is 0 Å². The van der Waals surface area contributed by atoms with E-state index >= 15 is 0 Å². The molecule has 0 atom stereocenters. The molecule has 0 aliphatic rings. The molecule has 0 aliphatic heterocycles. The Morgan fingerprint density at radius 3 is 1.00 bits per heavy atom. The molecule has 4 heavy (non-hydrogen) atoms. The quantitative estimate of drug-likeness (QED) is 0.451. The van der Waals surface area contributed by atoms with E-state index in [1.54, 1.807) is 0 Å². The third-order valence-electron chi connectivity index (χ3n) is 0. The van der Waals surface area contributed by atoms with Crippen molar-refractivity contribution in [3.63, 3.8) is 0 Å². The van der Waals surface area contributed by atoms with Crippen molar-refractivity contribution >= 4 is 18.9 Å². The van der Waals surface area contributed by atoms with Gasteiger partial charge in [0, 0.05) is 76.2 Å². The van der Waals surface area contributed by atoms with Gasteiger partial charge < -0.3 is 5.48 Å². The van der Waals surface area contributed by atoms with Gasteiger partial charge in [-0.3, -0.25) is 0 Å². The Labute approximate surface area is 80.3 Å². The molecule has 0 saturated heterocycles. The first-order valence-corrected chi connectivity index (χ1v) is 0. The molecule has 2 N–H and O–H groups in total. The predicted octanol–water partition coefficient (Wildman–Crippen LogP) is -1.21. The Morgan fingerprint density at radius 1 is 1.00 bits per heavy atom. The van der Waals surface area contributed by atoms with E-state index in [-0.39, 0.29) is 81.7 Å². The van der Waals surface area contributed by atoms with E-state index in [1.165, 1.54) is 0 Å². The summed E-state index contributed by atoms with van der Waals surface area (Å²) in [6, 6.07) is 0. The summed E-state index contributed by atoms with van der Waals surface area (Å²) in [5.74, 6) is 0. The minimum absolute atomic E-state index is 0. The molecule has 0 spiro atoms. The summed E-state index contributed by atoms with van der Waals surface area (Å²) >= 11 is 0. The average molecular weight is 212 g/mol. The molecule has 0 heterocycles. The second-order valence-corrected chi connectivity index (χ2v) is 0. The maximum Gasteiger partial charge on any atom is 0 e. The molecule has 1 nitrogen and oxygen atoms in total. The van der Waals surface area contributed by atoms with Gasteiger partial charge in [0.2, 0.25) is 0 Å². The van der Waals surface area contributed by atoms with E-state index in [0.717, 1.165) is 0 Å². The first-order valence-electron chi connectivity index (χ1n) is 0. The first-order chi connectivity index (χ1) is 0. The molecule has 0 aromatic carbocycles. The second kappa shape index (κ2) is 17.9. The number of rotatable bonds is 0. The summed E-state index contributed by atoms with van der Waals surface area (Å²) in [5, 5.41) is 0. The maximum atomic E-state index is 0. The van der Waals surface area contributed by atoms with Crippen LogP contribution in [0.15, 0.2) is 0 Å². The van der Waals surface area contributed by atoms with Crippen molar-refractivity contribution in [3.05, 3.63) is 0 Å². The molecular weight excluding hydrogens is 210 g/mol. The van der Waals surface area contributed by atoms with Crippen LogP contribution >= 0.6 is 0 Å². The average Bonchev–Trinajstić information content (AvgIpc) is 0. The Kier molecular flexibility index (Phi) is 142. The summed E-state index contributed by atoms with van der Waals surface area (Å²) in [7, 11) is 0. The van der Waals surface area contributed by atoms with Gasteiger partial charge in [-0.05, 0) is 0 Å². The normalized spacial score (nSPS) is 0. The molecule has 0 aromatic rings. The van der Waals surface area contributed by atoms with Crippen LogP contribution in [-0.4, -0.2) is 24.3 Å². The van der Waals surface area contributed by atoms with Crippen LogP contribution < -0.4 is 0 Å². The van der Waals surface area contributed by atoms with Crippen LogP contribution in [0, 0.1) is 35.6 Å². The molecule has 4 heteroatoms. The van der Waals surface area contributed by atoms with Crippen LogP contribution in [0.1, 0.15) is 0 Å². The summed E-state index contributed by atoms with van der Waals surface area (Å²) in [6.07, 6.45) is 0. The molecule has 0 rings (SSSR count). The zero-order valence-electron chi connectivity index (χ0n) is 2.58. The molecule has 16 valence electrons. The third kappa shape index (κ3) is 8.82. The van der Waals surface area contributed by atoms with Crippen LogP contribution in [0.2, 0.25) is 0 Å². The topological polar surface area (TPSA) is 31.5 Å². The van der Waals surface area contributed by atoms with Gasteiger partial charge in [-0.25, -0.2) is 0 Å². The zero-order chi connectivity index (χ0) is 0. The predicted molar refractivity (Wildman–Crippen MR) is 9.37 cm³/mol. The first kappa shape index (κ1) is 31.8.